The van der Waals surface area contributed by atoms with E-state index in [-0.39, 0.29) is 41.7 Å². The summed E-state index contributed by atoms with van der Waals surface area (Å²) >= 11 is 0. The molecule has 7 atom stereocenters. The molecule has 2 aliphatic carbocycles. The van der Waals surface area contributed by atoms with E-state index in [9.17, 15) is 19.5 Å². The van der Waals surface area contributed by atoms with Crippen molar-refractivity contribution in [1.82, 2.24) is 40.6 Å². The number of ether oxygens (including phenoxy) is 2. The van der Waals surface area contributed by atoms with Crippen molar-refractivity contribution in [1.29, 1.82) is 0 Å². The number of aliphatic hydroxyl groups excluding tert-OH is 1. The van der Waals surface area contributed by atoms with Crippen LogP contribution in [0.15, 0.2) is 60.9 Å². The Hall–Kier alpha value is -5.21. The number of aromatic amines is 2. The lowest BCUT2D eigenvalue weighted by molar-refractivity contribution is -0.143. The molecule has 56 heavy (non-hydrogen) atoms. The van der Waals surface area contributed by atoms with Crippen molar-refractivity contribution >= 4 is 18.1 Å². The lowest BCUT2D eigenvalue weighted by Crippen LogP contribution is -2.54. The molecule has 298 valence electrons. The second kappa shape index (κ2) is 16.5. The van der Waals surface area contributed by atoms with Crippen LogP contribution in [0.25, 0.3) is 33.6 Å². The number of methoxy groups -OCH3 is 2. The van der Waals surface area contributed by atoms with E-state index in [1.807, 2.05) is 45.0 Å². The van der Waals surface area contributed by atoms with Crippen LogP contribution in [0.5, 0.6) is 0 Å². The summed E-state index contributed by atoms with van der Waals surface area (Å²) in [6.07, 6.45) is 6.39. The van der Waals surface area contributed by atoms with E-state index in [0.29, 0.717) is 12.5 Å². The van der Waals surface area contributed by atoms with Crippen molar-refractivity contribution in [3.8, 4) is 33.6 Å². The van der Waals surface area contributed by atoms with Gasteiger partial charge in [0.1, 0.15) is 17.9 Å². The van der Waals surface area contributed by atoms with Crippen LogP contribution >= 0.6 is 0 Å². The second-order valence-electron chi connectivity index (χ2n) is 16.0. The number of imidazole rings is 2. The lowest BCUT2D eigenvalue weighted by Gasteiger charge is -2.35. The van der Waals surface area contributed by atoms with Gasteiger partial charge in [-0.05, 0) is 86.0 Å². The highest BCUT2D eigenvalue weighted by atomic mass is 16.5. The third kappa shape index (κ3) is 7.77. The first kappa shape index (κ1) is 39.0. The topological polar surface area (TPSA) is 178 Å². The van der Waals surface area contributed by atoms with Gasteiger partial charge in [0, 0.05) is 18.5 Å². The van der Waals surface area contributed by atoms with Crippen LogP contribution < -0.4 is 10.7 Å². The fourth-order valence-electron chi connectivity index (χ4n) is 9.16. The number of likely N-dealkylation sites (tertiary alicyclic amines) is 1. The van der Waals surface area contributed by atoms with Crippen molar-refractivity contribution in [3.63, 3.8) is 0 Å². The van der Waals surface area contributed by atoms with Crippen LogP contribution in [0.1, 0.15) is 83.4 Å². The highest BCUT2D eigenvalue weighted by Gasteiger charge is 2.54. The maximum atomic E-state index is 13.9. The maximum absolute atomic E-state index is 13.9. The van der Waals surface area contributed by atoms with Crippen LogP contribution in [0.2, 0.25) is 0 Å². The molecule has 5 N–H and O–H groups in total. The van der Waals surface area contributed by atoms with Crippen molar-refractivity contribution < 1.29 is 29.0 Å². The van der Waals surface area contributed by atoms with Gasteiger partial charge >= 0.3 is 12.2 Å². The Morgan fingerprint density at radius 3 is 1.93 bits per heavy atom. The molecule has 0 radical (unpaired) electrons. The zero-order valence-electron chi connectivity index (χ0n) is 33.0. The van der Waals surface area contributed by atoms with Gasteiger partial charge in [-0.3, -0.25) is 9.69 Å². The number of aromatic nitrogens is 4. The molecule has 14 nitrogen and oxygen atoms in total. The maximum Gasteiger partial charge on any atom is 0.425 e. The summed E-state index contributed by atoms with van der Waals surface area (Å²) in [5.74, 6) is 1.82. The Bertz CT molecular complexity index is 1990. The third-order valence-corrected chi connectivity index (χ3v) is 12.0. The minimum Gasteiger partial charge on any atom is -0.453 e. The Balaban J connectivity index is 1.02. The molecule has 7 rings (SSSR count). The standard InChI is InChI=1S/C42H54N8O6/c1-23(2)36(47-41(53)55-5)40(52)49-19-7-8-33(49)37-43-21-31(45-37)27-13-9-25(10-14-27)26-11-15-28(16-12-26)32-22-44-38(46-32)34-29-17-18-30(20-29)35(34)39(51)50(24(3)4)48-42(54)56-6/h9-16,21-24,29-30,33-36,40,52H,7-8,17-20H2,1-6H3,(H,43,45)(H,44,46)(H,47,53)(H,48,54)/t29?,30?,33-,34?,35?,36-,40?/m0/s1. The number of hydrogen-bond acceptors (Lipinski definition) is 9. The van der Waals surface area contributed by atoms with Crippen LogP contribution in [0.3, 0.4) is 0 Å². The van der Waals surface area contributed by atoms with Crippen LogP contribution in [-0.4, -0.2) is 92.1 Å². The molecule has 3 amide bonds. The summed E-state index contributed by atoms with van der Waals surface area (Å²) < 4.78 is 9.59. The number of alkyl carbamates (subject to hydrolysis) is 1. The molecule has 3 fully saturated rings. The fraction of sp³-hybridized carbons (Fsp3) is 0.500. The fourth-order valence-corrected chi connectivity index (χ4v) is 9.16. The van der Waals surface area contributed by atoms with Gasteiger partial charge < -0.3 is 29.9 Å². The number of nitrogens with zero attached hydrogens (tertiary/aromatic N) is 4. The quantitative estimate of drug-likeness (QED) is 0.105. The van der Waals surface area contributed by atoms with Gasteiger partial charge in [0.25, 0.3) is 0 Å². The molecule has 2 bridgehead atoms. The first-order valence-electron chi connectivity index (χ1n) is 19.7. The molecule has 1 aliphatic heterocycles. The number of benzene rings is 2. The first-order valence-corrected chi connectivity index (χ1v) is 19.7. The molecule has 3 heterocycles. The molecule has 2 saturated carbocycles. The minimum absolute atomic E-state index is 0.00428. The van der Waals surface area contributed by atoms with Crippen molar-refractivity contribution in [2.45, 2.75) is 90.1 Å². The predicted octanol–water partition coefficient (Wildman–Crippen LogP) is 6.61. The Kier molecular flexibility index (Phi) is 11.5. The second-order valence-corrected chi connectivity index (χ2v) is 16.0. The molecule has 14 heteroatoms. The molecular formula is C42H54N8O6. The Morgan fingerprint density at radius 2 is 1.36 bits per heavy atom. The summed E-state index contributed by atoms with van der Waals surface area (Å²) in [5.41, 5.74) is 8.57. The number of H-pyrrole nitrogens is 2. The summed E-state index contributed by atoms with van der Waals surface area (Å²) in [7, 11) is 2.61. The smallest absolute Gasteiger partial charge is 0.425 e. The van der Waals surface area contributed by atoms with E-state index in [1.54, 1.807) is 0 Å². The van der Waals surface area contributed by atoms with E-state index < -0.39 is 24.5 Å². The van der Waals surface area contributed by atoms with Crippen LogP contribution in [0, 0.1) is 23.7 Å². The number of aliphatic hydroxyl groups is 1. The lowest BCUT2D eigenvalue weighted by atomic mass is 9.78. The summed E-state index contributed by atoms with van der Waals surface area (Å²) in [6.45, 7) is 8.38. The van der Waals surface area contributed by atoms with Crippen molar-refractivity contribution in [2.75, 3.05) is 20.8 Å². The zero-order valence-corrected chi connectivity index (χ0v) is 33.0. The van der Waals surface area contributed by atoms with Gasteiger partial charge in [-0.2, -0.15) is 0 Å². The van der Waals surface area contributed by atoms with Gasteiger partial charge in [-0.15, -0.1) is 0 Å². The molecule has 2 aromatic heterocycles. The van der Waals surface area contributed by atoms with Gasteiger partial charge in [-0.25, -0.2) is 30.0 Å². The zero-order chi connectivity index (χ0) is 39.7. The van der Waals surface area contributed by atoms with Gasteiger partial charge in [0.05, 0.1) is 56.0 Å². The van der Waals surface area contributed by atoms with Crippen molar-refractivity contribution in [3.05, 3.63) is 72.6 Å². The molecule has 3 aliphatic rings. The number of amides is 3. The summed E-state index contributed by atoms with van der Waals surface area (Å²) in [6, 6.07) is 15.9. The van der Waals surface area contributed by atoms with E-state index in [2.05, 4.69) is 69.2 Å². The highest BCUT2D eigenvalue weighted by molar-refractivity contribution is 5.83. The normalized spacial score (nSPS) is 23.0. The summed E-state index contributed by atoms with van der Waals surface area (Å²) in [4.78, 5) is 56.5. The predicted molar refractivity (Wildman–Crippen MR) is 210 cm³/mol. The number of carbonyl (C=O) groups is 3. The van der Waals surface area contributed by atoms with E-state index in [4.69, 9.17) is 19.4 Å². The van der Waals surface area contributed by atoms with Crippen molar-refractivity contribution in [2.24, 2.45) is 23.7 Å². The molecule has 4 aromatic rings. The van der Waals surface area contributed by atoms with Crippen LogP contribution in [0.4, 0.5) is 9.59 Å². The SMILES string of the molecule is COC(=O)N[C@@H](C(C)C)C(O)N1CCC[C@H]1c1ncc(-c2ccc(-c3ccc(-c4cnc(C5C6CCC(C6)C5C(=O)N(NC(=O)OC)C(C)C)[nH]4)cc3)cc2)[nH]1. The van der Waals surface area contributed by atoms with Gasteiger partial charge in [0.15, 0.2) is 0 Å². The number of rotatable bonds is 11. The molecule has 5 unspecified atom stereocenters. The average Bonchev–Trinajstić information content (AvgIpc) is 4.06. The molecular weight excluding hydrogens is 713 g/mol. The average molecular weight is 767 g/mol. The number of fused-ring (bicyclic) bond motifs is 2. The number of carbonyl (C=O) groups excluding carboxylic acids is 3. The van der Waals surface area contributed by atoms with E-state index in [0.717, 1.165) is 77.4 Å². The number of hydrogen-bond donors (Lipinski definition) is 5. The first-order chi connectivity index (χ1) is 27.0. The Morgan fingerprint density at radius 1 is 0.804 bits per heavy atom. The highest BCUT2D eigenvalue weighted by Crippen LogP contribution is 2.56. The van der Waals surface area contributed by atoms with E-state index in [1.165, 1.54) is 19.2 Å². The number of nitrogens with one attached hydrogen (secondary N) is 4. The third-order valence-electron chi connectivity index (χ3n) is 12.0. The van der Waals surface area contributed by atoms with Crippen LogP contribution in [-0.2, 0) is 14.3 Å². The molecule has 2 aromatic carbocycles. The number of hydrazine groups is 1. The molecule has 1 saturated heterocycles. The van der Waals surface area contributed by atoms with E-state index >= 15 is 0 Å². The summed E-state index contributed by atoms with van der Waals surface area (Å²) in [5, 5.41) is 15.5. The monoisotopic (exact) mass is 766 g/mol. The Labute approximate surface area is 327 Å². The van der Waals surface area contributed by atoms with Gasteiger partial charge in [-0.1, -0.05) is 62.4 Å². The molecule has 0 spiro atoms. The largest absolute Gasteiger partial charge is 0.453 e. The minimum atomic E-state index is -0.888. The van der Waals surface area contributed by atoms with Gasteiger partial charge in [0.2, 0.25) is 5.91 Å².